The van der Waals surface area contributed by atoms with Crippen molar-refractivity contribution in [3.63, 3.8) is 0 Å². The SMILES string of the molecule is CC.CC.Cc1ccc2c(c1)C(C)(C)c1cc(C(C)C)ccc1-2. The van der Waals surface area contributed by atoms with Crippen molar-refractivity contribution in [1.82, 2.24) is 0 Å². The monoisotopic (exact) mass is 310 g/mol. The van der Waals surface area contributed by atoms with E-state index in [4.69, 9.17) is 0 Å². The summed E-state index contributed by atoms with van der Waals surface area (Å²) in [6, 6.07) is 13.9. The van der Waals surface area contributed by atoms with Gasteiger partial charge < -0.3 is 0 Å². The third-order valence-electron chi connectivity index (χ3n) is 4.52. The average Bonchev–Trinajstić information content (AvgIpc) is 2.79. The molecule has 0 amide bonds. The fourth-order valence-electron chi connectivity index (χ4n) is 3.23. The number of fused-ring (bicyclic) bond motifs is 3. The predicted octanol–water partition coefficient (Wildman–Crippen LogP) is 7.48. The molecule has 0 unspecified atom stereocenters. The highest BCUT2D eigenvalue weighted by Gasteiger charge is 2.35. The maximum atomic E-state index is 2.41. The van der Waals surface area contributed by atoms with Crippen LogP contribution in [0.1, 0.15) is 83.6 Å². The standard InChI is InChI=1S/C19H22.2C2H6/c1-12(2)14-7-9-16-15-8-6-13(3)10-17(15)19(4,5)18(16)11-14;2*1-2/h6-12H,1-5H3;2*1-2H3. The van der Waals surface area contributed by atoms with E-state index < -0.39 is 0 Å². The Hall–Kier alpha value is -1.56. The van der Waals surface area contributed by atoms with Crippen LogP contribution in [-0.2, 0) is 5.41 Å². The van der Waals surface area contributed by atoms with Crippen LogP contribution in [0.15, 0.2) is 36.4 Å². The fraction of sp³-hybridized carbons (Fsp3) is 0.478. The van der Waals surface area contributed by atoms with E-state index in [1.54, 1.807) is 0 Å². The van der Waals surface area contributed by atoms with E-state index in [1.807, 2.05) is 27.7 Å². The quantitative estimate of drug-likeness (QED) is 0.512. The minimum atomic E-state index is 0.127. The van der Waals surface area contributed by atoms with Gasteiger partial charge in [0.05, 0.1) is 0 Å². The van der Waals surface area contributed by atoms with Gasteiger partial charge >= 0.3 is 0 Å². The molecule has 0 aromatic heterocycles. The van der Waals surface area contributed by atoms with Crippen LogP contribution in [0.25, 0.3) is 11.1 Å². The maximum Gasteiger partial charge on any atom is 0.0159 e. The summed E-state index contributed by atoms with van der Waals surface area (Å²) >= 11 is 0. The van der Waals surface area contributed by atoms with Crippen LogP contribution in [0.4, 0.5) is 0 Å². The largest absolute Gasteiger partial charge is 0.0683 e. The molecule has 126 valence electrons. The molecule has 0 N–H and O–H groups in total. The van der Waals surface area contributed by atoms with Gasteiger partial charge in [0.25, 0.3) is 0 Å². The highest BCUT2D eigenvalue weighted by Crippen LogP contribution is 2.49. The minimum Gasteiger partial charge on any atom is -0.0683 e. The Kier molecular flexibility index (Phi) is 6.62. The Morgan fingerprint density at radius 1 is 0.739 bits per heavy atom. The minimum absolute atomic E-state index is 0.127. The Bertz CT molecular complexity index is 645. The molecule has 0 heterocycles. The molecule has 0 saturated carbocycles. The average molecular weight is 311 g/mol. The fourth-order valence-corrected chi connectivity index (χ4v) is 3.23. The van der Waals surface area contributed by atoms with Crippen molar-refractivity contribution < 1.29 is 0 Å². The first kappa shape index (κ1) is 19.5. The number of hydrogen-bond acceptors (Lipinski definition) is 0. The van der Waals surface area contributed by atoms with Crippen molar-refractivity contribution >= 4 is 0 Å². The molecule has 0 bridgehead atoms. The van der Waals surface area contributed by atoms with Gasteiger partial charge in [-0.05, 0) is 40.7 Å². The molecule has 23 heavy (non-hydrogen) atoms. The molecule has 2 aromatic carbocycles. The lowest BCUT2D eigenvalue weighted by Crippen LogP contribution is -2.15. The van der Waals surface area contributed by atoms with Gasteiger partial charge in [-0.15, -0.1) is 0 Å². The van der Waals surface area contributed by atoms with Crippen LogP contribution in [-0.4, -0.2) is 0 Å². The van der Waals surface area contributed by atoms with Crippen molar-refractivity contribution in [2.75, 3.05) is 0 Å². The summed E-state index contributed by atoms with van der Waals surface area (Å²) in [5, 5.41) is 0. The van der Waals surface area contributed by atoms with Crippen LogP contribution in [0.3, 0.4) is 0 Å². The van der Waals surface area contributed by atoms with Crippen molar-refractivity contribution in [3.8, 4) is 11.1 Å². The highest BCUT2D eigenvalue weighted by molar-refractivity contribution is 5.81. The molecule has 0 aliphatic heterocycles. The van der Waals surface area contributed by atoms with E-state index in [2.05, 4.69) is 71.0 Å². The van der Waals surface area contributed by atoms with Crippen LogP contribution >= 0.6 is 0 Å². The summed E-state index contributed by atoms with van der Waals surface area (Å²) in [6.07, 6.45) is 0. The summed E-state index contributed by atoms with van der Waals surface area (Å²) < 4.78 is 0. The zero-order valence-electron chi connectivity index (χ0n) is 16.5. The third-order valence-corrected chi connectivity index (χ3v) is 4.52. The normalized spacial score (nSPS) is 13.3. The third kappa shape index (κ3) is 3.52. The number of hydrogen-bond donors (Lipinski definition) is 0. The molecule has 0 nitrogen and oxygen atoms in total. The Balaban J connectivity index is 0.000000615. The second kappa shape index (κ2) is 7.81. The Labute approximate surface area is 144 Å². The molecule has 0 spiro atoms. The van der Waals surface area contributed by atoms with Crippen LogP contribution in [0.5, 0.6) is 0 Å². The van der Waals surface area contributed by atoms with Gasteiger partial charge in [0, 0.05) is 5.41 Å². The van der Waals surface area contributed by atoms with Crippen molar-refractivity contribution in [2.24, 2.45) is 0 Å². The molecule has 0 fully saturated rings. The summed E-state index contributed by atoms with van der Waals surface area (Å²) in [5.41, 5.74) is 8.72. The van der Waals surface area contributed by atoms with Crippen molar-refractivity contribution in [2.45, 2.75) is 73.6 Å². The van der Waals surface area contributed by atoms with E-state index in [0.717, 1.165) is 0 Å². The molecular weight excluding hydrogens is 276 g/mol. The Morgan fingerprint density at radius 2 is 1.22 bits per heavy atom. The molecule has 0 saturated heterocycles. The van der Waals surface area contributed by atoms with Crippen LogP contribution in [0.2, 0.25) is 0 Å². The zero-order valence-corrected chi connectivity index (χ0v) is 16.5. The van der Waals surface area contributed by atoms with Crippen molar-refractivity contribution in [3.05, 3.63) is 58.7 Å². The first-order chi connectivity index (χ1) is 10.9. The van der Waals surface area contributed by atoms with E-state index >= 15 is 0 Å². The van der Waals surface area contributed by atoms with Crippen molar-refractivity contribution in [1.29, 1.82) is 0 Å². The molecule has 2 aromatic rings. The van der Waals surface area contributed by atoms with Gasteiger partial charge in [-0.25, -0.2) is 0 Å². The summed E-state index contributed by atoms with van der Waals surface area (Å²) in [7, 11) is 0. The first-order valence-corrected chi connectivity index (χ1v) is 9.17. The van der Waals surface area contributed by atoms with E-state index in [9.17, 15) is 0 Å². The van der Waals surface area contributed by atoms with E-state index in [-0.39, 0.29) is 5.41 Å². The van der Waals surface area contributed by atoms with Gasteiger partial charge in [-0.1, -0.05) is 97.4 Å². The maximum absolute atomic E-state index is 2.41. The summed E-state index contributed by atoms with van der Waals surface area (Å²) in [6.45, 7) is 19.4. The highest BCUT2D eigenvalue weighted by atomic mass is 14.4. The second-order valence-electron chi connectivity index (χ2n) is 6.63. The number of benzene rings is 2. The smallest absolute Gasteiger partial charge is 0.0159 e. The van der Waals surface area contributed by atoms with Crippen LogP contribution in [0, 0.1) is 6.92 Å². The predicted molar refractivity (Wildman–Crippen MR) is 106 cm³/mol. The van der Waals surface area contributed by atoms with Gasteiger partial charge in [0.2, 0.25) is 0 Å². The zero-order chi connectivity index (χ0) is 17.8. The van der Waals surface area contributed by atoms with E-state index in [0.29, 0.717) is 5.92 Å². The molecule has 0 radical (unpaired) electrons. The summed E-state index contributed by atoms with van der Waals surface area (Å²) in [5.74, 6) is 0.589. The number of aryl methyl sites for hydroxylation is 1. The first-order valence-electron chi connectivity index (χ1n) is 9.17. The molecular formula is C23H34. The lowest BCUT2D eigenvalue weighted by Gasteiger charge is -2.22. The lowest BCUT2D eigenvalue weighted by molar-refractivity contribution is 0.657. The second-order valence-corrected chi connectivity index (χ2v) is 6.63. The van der Waals surface area contributed by atoms with Gasteiger partial charge in [-0.3, -0.25) is 0 Å². The topological polar surface area (TPSA) is 0 Å². The van der Waals surface area contributed by atoms with E-state index in [1.165, 1.54) is 33.4 Å². The number of rotatable bonds is 1. The molecule has 0 heteroatoms. The van der Waals surface area contributed by atoms with Gasteiger partial charge in [-0.2, -0.15) is 0 Å². The molecule has 3 rings (SSSR count). The Morgan fingerprint density at radius 3 is 1.74 bits per heavy atom. The summed E-state index contributed by atoms with van der Waals surface area (Å²) in [4.78, 5) is 0. The lowest BCUT2D eigenvalue weighted by atomic mass is 9.81. The molecule has 0 atom stereocenters. The van der Waals surface area contributed by atoms with Gasteiger partial charge in [0.15, 0.2) is 0 Å². The van der Waals surface area contributed by atoms with Gasteiger partial charge in [0.1, 0.15) is 0 Å². The molecule has 1 aliphatic rings. The molecule has 1 aliphatic carbocycles. The van der Waals surface area contributed by atoms with Crippen LogP contribution < -0.4 is 0 Å².